The zero-order valence-corrected chi connectivity index (χ0v) is 36.9. The summed E-state index contributed by atoms with van der Waals surface area (Å²) < 4.78 is 19.3. The minimum atomic E-state index is -0.605. The number of aliphatic hydroxyl groups excluding tert-OH is 1. The molecule has 63 heavy (non-hydrogen) atoms. The smallest absolute Gasteiger partial charge is 0.332 e. The molecule has 1 atom stereocenters. The number of nitrogens with one attached hydrogen (secondary N) is 2. The van der Waals surface area contributed by atoms with Crippen molar-refractivity contribution in [1.82, 2.24) is 23.9 Å². The van der Waals surface area contributed by atoms with Gasteiger partial charge in [-0.2, -0.15) is 5.26 Å². The van der Waals surface area contributed by atoms with Crippen molar-refractivity contribution in [3.8, 4) is 34.4 Å². The number of anilines is 3. The number of nitrogens with zero attached hydrogens (tertiary/aromatic N) is 7. The maximum Gasteiger partial charge on any atom is 0.332 e. The van der Waals surface area contributed by atoms with Crippen LogP contribution >= 0.6 is 0 Å². The number of aliphatic hydroxyl groups is 1. The zero-order chi connectivity index (χ0) is 44.9. The highest BCUT2D eigenvalue weighted by Crippen LogP contribution is 2.30. The van der Waals surface area contributed by atoms with Crippen molar-refractivity contribution in [2.45, 2.75) is 19.4 Å². The highest BCUT2D eigenvalue weighted by Gasteiger charge is 2.22. The summed E-state index contributed by atoms with van der Waals surface area (Å²) in [6.45, 7) is 11.6. The topological polar surface area (TPSA) is 174 Å². The van der Waals surface area contributed by atoms with Gasteiger partial charge < -0.3 is 39.4 Å². The van der Waals surface area contributed by atoms with Crippen LogP contribution in [-0.4, -0.2) is 128 Å². The Morgan fingerprint density at radius 3 is 1.92 bits per heavy atom. The number of aromatic amines is 1. The first kappa shape index (κ1) is 46.0. The molecule has 4 heterocycles. The van der Waals surface area contributed by atoms with Crippen LogP contribution in [0.3, 0.4) is 0 Å². The molecule has 2 saturated heterocycles. The Labute approximate surface area is 368 Å². The van der Waals surface area contributed by atoms with Crippen molar-refractivity contribution < 1.29 is 19.3 Å². The number of benzene rings is 3. The van der Waals surface area contributed by atoms with Crippen LogP contribution < -0.4 is 46.1 Å². The molecule has 16 nitrogen and oxygen atoms in total. The van der Waals surface area contributed by atoms with E-state index in [2.05, 4.69) is 42.0 Å². The normalized spacial score (nSPS) is 14.9. The van der Waals surface area contributed by atoms with Crippen LogP contribution in [0.15, 0.2) is 99.3 Å². The van der Waals surface area contributed by atoms with Crippen molar-refractivity contribution in [3.63, 3.8) is 0 Å². The first-order chi connectivity index (χ1) is 30.5. The van der Waals surface area contributed by atoms with Crippen LogP contribution in [-0.2, 0) is 14.1 Å². The third kappa shape index (κ3) is 11.9. The number of methoxy groups -OCH3 is 2. The minimum absolute atomic E-state index is 0.0813. The van der Waals surface area contributed by atoms with Gasteiger partial charge in [-0.25, -0.2) is 4.79 Å². The van der Waals surface area contributed by atoms with Gasteiger partial charge in [-0.1, -0.05) is 36.4 Å². The van der Waals surface area contributed by atoms with Crippen LogP contribution in [0.4, 0.5) is 17.2 Å². The molecule has 3 N–H and O–H groups in total. The monoisotopic (exact) mass is 861 g/mol. The summed E-state index contributed by atoms with van der Waals surface area (Å²) in [6.07, 6.45) is 0.338. The van der Waals surface area contributed by atoms with Crippen LogP contribution in [0, 0.1) is 18.3 Å². The van der Waals surface area contributed by atoms with Gasteiger partial charge in [0.05, 0.1) is 25.6 Å². The summed E-state index contributed by atoms with van der Waals surface area (Å²) in [5.41, 5.74) is 3.70. The maximum absolute atomic E-state index is 11.9. The lowest BCUT2D eigenvalue weighted by atomic mass is 10.0. The number of rotatable bonds is 15. The van der Waals surface area contributed by atoms with Crippen LogP contribution in [0.2, 0.25) is 0 Å². The molecule has 0 spiro atoms. The van der Waals surface area contributed by atoms with E-state index in [4.69, 9.17) is 19.5 Å². The second kappa shape index (κ2) is 22.0. The van der Waals surface area contributed by atoms with Gasteiger partial charge in [0.15, 0.2) is 0 Å². The number of aryl methyl sites for hydroxylation is 1. The van der Waals surface area contributed by atoms with Crippen molar-refractivity contribution in [2.24, 2.45) is 14.1 Å². The van der Waals surface area contributed by atoms with Crippen molar-refractivity contribution in [3.05, 3.63) is 127 Å². The van der Waals surface area contributed by atoms with E-state index < -0.39 is 6.10 Å². The first-order valence-corrected chi connectivity index (χ1v) is 21.3. The summed E-state index contributed by atoms with van der Waals surface area (Å²) in [5.74, 6) is 3.01. The Morgan fingerprint density at radius 2 is 1.35 bits per heavy atom. The average Bonchev–Trinajstić information content (AvgIpc) is 3.31. The van der Waals surface area contributed by atoms with Gasteiger partial charge in [-0.05, 0) is 67.9 Å². The number of para-hydroxylation sites is 4. The van der Waals surface area contributed by atoms with Crippen LogP contribution in [0.1, 0.15) is 17.7 Å². The number of nitriles is 1. The number of ether oxygens (including phenoxy) is 3. The molecule has 3 aromatic carbocycles. The Bertz CT molecular complexity index is 2500. The van der Waals surface area contributed by atoms with Gasteiger partial charge in [0, 0.05) is 96.9 Å². The Balaban J connectivity index is 0.000000215. The molecule has 0 radical (unpaired) electrons. The Kier molecular flexibility index (Phi) is 16.1. The highest BCUT2D eigenvalue weighted by molar-refractivity contribution is 5.68. The molecule has 0 saturated carbocycles. The second-order valence-corrected chi connectivity index (χ2v) is 15.7. The number of piperazine rings is 2. The summed E-state index contributed by atoms with van der Waals surface area (Å²) in [4.78, 5) is 47.6. The third-order valence-corrected chi connectivity index (χ3v) is 11.5. The van der Waals surface area contributed by atoms with Crippen LogP contribution in [0.25, 0.3) is 11.1 Å². The summed E-state index contributed by atoms with van der Waals surface area (Å²) in [7, 11) is 6.55. The van der Waals surface area contributed by atoms with E-state index in [9.17, 15) is 19.5 Å². The Hall–Kier alpha value is -6.54. The summed E-state index contributed by atoms with van der Waals surface area (Å²) in [5, 5.41) is 22.8. The fourth-order valence-electron chi connectivity index (χ4n) is 7.87. The van der Waals surface area contributed by atoms with Crippen LogP contribution in [0.5, 0.6) is 17.2 Å². The standard InChI is InChI=1S/C27H30N4O4.C20H29N5O3/c1-19-24(15-21(16-28)27(33)29-19)20-7-9-23(10-8-20)35-18-22(32)17-30-11-13-31(14-12-30)25-5-3-4-6-26(25)34-2;1-22-18(15-19(26)23(2)20(22)27)21-9-6-10-24-11-13-25(14-12-24)16-7-4-5-8-17(16)28-3/h3-10,15,22,32H,11-14,17-18H2,1-2H3,(H,29,33);4-5,7-8,15,21H,6,9-14H2,1-3H3. The van der Waals surface area contributed by atoms with E-state index in [1.807, 2.05) is 66.7 Å². The molecule has 5 aromatic rings. The van der Waals surface area contributed by atoms with Gasteiger partial charge in [-0.3, -0.25) is 28.5 Å². The minimum Gasteiger partial charge on any atom is -0.495 e. The molecule has 334 valence electrons. The molecule has 2 fully saturated rings. The van der Waals surface area contributed by atoms with E-state index in [0.29, 0.717) is 30.4 Å². The predicted molar refractivity (Wildman–Crippen MR) is 247 cm³/mol. The fraction of sp³-hybridized carbons (Fsp3) is 0.404. The van der Waals surface area contributed by atoms with E-state index >= 15 is 0 Å². The molecule has 16 heteroatoms. The predicted octanol–water partition coefficient (Wildman–Crippen LogP) is 3.51. The third-order valence-electron chi connectivity index (χ3n) is 11.5. The first-order valence-electron chi connectivity index (χ1n) is 21.3. The molecule has 0 aliphatic carbocycles. The number of β-amino-alcohol motifs (C(OH)–C–C–N with tert-alkyl or cyclic N) is 1. The molecular formula is C47H59N9O7. The van der Waals surface area contributed by atoms with Gasteiger partial charge >= 0.3 is 5.69 Å². The fourth-order valence-corrected chi connectivity index (χ4v) is 7.87. The molecular weight excluding hydrogens is 803 g/mol. The molecule has 0 amide bonds. The lowest BCUT2D eigenvalue weighted by Gasteiger charge is -2.37. The van der Waals surface area contributed by atoms with E-state index in [-0.39, 0.29) is 29.0 Å². The van der Waals surface area contributed by atoms with Crippen molar-refractivity contribution >= 4 is 17.2 Å². The SMILES string of the molecule is COc1ccccc1N1CCN(CC(O)COc2ccc(-c3cc(C#N)c(=O)[nH]c3C)cc2)CC1.COc1ccccc1N1CCN(CCCNc2cc(=O)n(C)c(=O)n2C)CC1. The zero-order valence-electron chi connectivity index (χ0n) is 36.9. The largest absolute Gasteiger partial charge is 0.495 e. The quantitative estimate of drug-likeness (QED) is 0.131. The summed E-state index contributed by atoms with van der Waals surface area (Å²) in [6, 6.07) is 28.5. The number of hydrogen-bond acceptors (Lipinski definition) is 13. The van der Waals surface area contributed by atoms with Gasteiger partial charge in [0.2, 0.25) is 0 Å². The van der Waals surface area contributed by atoms with Crippen molar-refractivity contribution in [1.29, 1.82) is 5.26 Å². The summed E-state index contributed by atoms with van der Waals surface area (Å²) >= 11 is 0. The lowest BCUT2D eigenvalue weighted by Crippen LogP contribution is -2.49. The lowest BCUT2D eigenvalue weighted by molar-refractivity contribution is 0.0663. The number of pyridine rings is 1. The number of aromatic nitrogens is 3. The van der Waals surface area contributed by atoms with E-state index in [1.165, 1.54) is 17.7 Å². The van der Waals surface area contributed by atoms with E-state index in [1.54, 1.807) is 34.3 Å². The van der Waals surface area contributed by atoms with Crippen molar-refractivity contribution in [2.75, 3.05) is 108 Å². The number of H-pyrrole nitrogens is 1. The molecule has 7 rings (SSSR count). The molecule has 2 aromatic heterocycles. The van der Waals surface area contributed by atoms with Gasteiger partial charge in [0.25, 0.3) is 11.1 Å². The second-order valence-electron chi connectivity index (χ2n) is 15.7. The molecule has 2 aliphatic rings. The molecule has 2 aliphatic heterocycles. The molecule has 0 bridgehead atoms. The average molecular weight is 862 g/mol. The van der Waals surface area contributed by atoms with Gasteiger partial charge in [0.1, 0.15) is 47.4 Å². The molecule has 1 unspecified atom stereocenters. The highest BCUT2D eigenvalue weighted by atomic mass is 16.5. The van der Waals surface area contributed by atoms with E-state index in [0.717, 1.165) is 104 Å². The van der Waals surface area contributed by atoms with Gasteiger partial charge in [-0.15, -0.1) is 0 Å². The Morgan fingerprint density at radius 1 is 0.778 bits per heavy atom. The number of hydrogen-bond donors (Lipinski definition) is 3. The maximum atomic E-state index is 11.9.